The van der Waals surface area contributed by atoms with E-state index in [9.17, 15) is 10.1 Å². The summed E-state index contributed by atoms with van der Waals surface area (Å²) in [6, 6.07) is 9.90. The van der Waals surface area contributed by atoms with E-state index in [1.54, 1.807) is 31.4 Å². The quantitative estimate of drug-likeness (QED) is 0.488. The molecule has 0 spiro atoms. The number of benzene rings is 1. The van der Waals surface area contributed by atoms with Gasteiger partial charge >= 0.3 is 5.69 Å². The highest BCUT2D eigenvalue weighted by atomic mass is 35.5. The highest BCUT2D eigenvalue weighted by Crippen LogP contribution is 2.34. The number of hydrogen-bond donors (Lipinski definition) is 0. The van der Waals surface area contributed by atoms with Crippen LogP contribution < -0.4 is 4.74 Å². The minimum absolute atomic E-state index is 0.0646. The molecule has 5 nitrogen and oxygen atoms in total. The molecule has 0 aliphatic heterocycles. The van der Waals surface area contributed by atoms with Crippen LogP contribution in [0.15, 0.2) is 46.3 Å². The zero-order valence-electron chi connectivity index (χ0n) is 9.87. The smallest absolute Gasteiger partial charge is 0.301 e. The Bertz CT molecular complexity index is 604. The van der Waals surface area contributed by atoms with Gasteiger partial charge in [-0.15, -0.1) is 0 Å². The molecule has 1 heterocycles. The Morgan fingerprint density at radius 2 is 1.95 bits per heavy atom. The zero-order valence-corrected chi connectivity index (χ0v) is 11.4. The summed E-state index contributed by atoms with van der Waals surface area (Å²) in [5.74, 6) is 0.720. The molecule has 0 bridgehead atoms. The fourth-order valence-electron chi connectivity index (χ4n) is 1.38. The van der Waals surface area contributed by atoms with Crippen LogP contribution in [0.2, 0.25) is 5.15 Å². The van der Waals surface area contributed by atoms with Crippen molar-refractivity contribution < 1.29 is 9.66 Å². The van der Waals surface area contributed by atoms with Crippen molar-refractivity contribution >= 4 is 29.1 Å². The topological polar surface area (TPSA) is 65.3 Å². The summed E-state index contributed by atoms with van der Waals surface area (Å²) in [5.41, 5.74) is -0.0646. The van der Waals surface area contributed by atoms with Gasteiger partial charge in [0, 0.05) is 11.0 Å². The summed E-state index contributed by atoms with van der Waals surface area (Å²) in [5, 5.41) is 11.4. The van der Waals surface area contributed by atoms with Crippen LogP contribution in [-0.2, 0) is 0 Å². The average molecular weight is 297 g/mol. The first kappa shape index (κ1) is 13.6. The van der Waals surface area contributed by atoms with E-state index in [1.807, 2.05) is 0 Å². The summed E-state index contributed by atoms with van der Waals surface area (Å²) in [6.07, 6.45) is 0. The summed E-state index contributed by atoms with van der Waals surface area (Å²) < 4.78 is 5.05. The molecule has 1 aromatic heterocycles. The van der Waals surface area contributed by atoms with Gasteiger partial charge in [-0.05, 0) is 30.3 Å². The summed E-state index contributed by atoms with van der Waals surface area (Å²) in [7, 11) is 1.57. The number of hydrogen-bond acceptors (Lipinski definition) is 5. The molecule has 0 saturated heterocycles. The first-order chi connectivity index (χ1) is 9.10. The summed E-state index contributed by atoms with van der Waals surface area (Å²) >= 11 is 6.95. The Morgan fingerprint density at radius 3 is 2.53 bits per heavy atom. The van der Waals surface area contributed by atoms with Crippen LogP contribution in [-0.4, -0.2) is 17.0 Å². The average Bonchev–Trinajstić information content (AvgIpc) is 2.39. The number of ether oxygens (including phenoxy) is 1. The molecular weight excluding hydrogens is 288 g/mol. The molecule has 0 aliphatic carbocycles. The van der Waals surface area contributed by atoms with E-state index in [4.69, 9.17) is 16.3 Å². The fourth-order valence-corrected chi connectivity index (χ4v) is 2.46. The van der Waals surface area contributed by atoms with E-state index in [-0.39, 0.29) is 15.9 Å². The van der Waals surface area contributed by atoms with Crippen LogP contribution in [0.25, 0.3) is 0 Å². The molecule has 1 aromatic carbocycles. The summed E-state index contributed by atoms with van der Waals surface area (Å²) in [6.45, 7) is 0. The van der Waals surface area contributed by atoms with Crippen molar-refractivity contribution in [2.75, 3.05) is 7.11 Å². The van der Waals surface area contributed by atoms with Crippen LogP contribution in [0.1, 0.15) is 0 Å². The molecule has 0 atom stereocenters. The Kier molecular flexibility index (Phi) is 4.24. The van der Waals surface area contributed by atoms with Crippen molar-refractivity contribution in [1.29, 1.82) is 0 Å². The third-order valence-corrected chi connectivity index (χ3v) is 3.49. The molecule has 2 aromatic rings. The normalized spacial score (nSPS) is 10.2. The van der Waals surface area contributed by atoms with Gasteiger partial charge in [0.2, 0.25) is 0 Å². The van der Waals surface area contributed by atoms with E-state index in [1.165, 1.54) is 23.9 Å². The molecular formula is C12H9ClN2O3S. The molecule has 98 valence electrons. The maximum Gasteiger partial charge on any atom is 0.301 e. The number of halogens is 1. The minimum atomic E-state index is -0.477. The van der Waals surface area contributed by atoms with E-state index in [0.29, 0.717) is 0 Å². The third-order valence-electron chi connectivity index (χ3n) is 2.28. The molecule has 0 aliphatic rings. The van der Waals surface area contributed by atoms with Gasteiger partial charge in [0.25, 0.3) is 0 Å². The van der Waals surface area contributed by atoms with E-state index < -0.39 is 4.92 Å². The van der Waals surface area contributed by atoms with E-state index in [2.05, 4.69) is 4.98 Å². The lowest BCUT2D eigenvalue weighted by atomic mass is 10.3. The van der Waals surface area contributed by atoms with Crippen LogP contribution in [0.4, 0.5) is 5.69 Å². The lowest BCUT2D eigenvalue weighted by molar-refractivity contribution is -0.388. The SMILES string of the molecule is COc1ccc(Sc2nc(Cl)ccc2[N+](=O)[O-])cc1. The monoisotopic (exact) mass is 296 g/mol. The fraction of sp³-hybridized carbons (Fsp3) is 0.0833. The van der Waals surface area contributed by atoms with E-state index in [0.717, 1.165) is 10.6 Å². The van der Waals surface area contributed by atoms with Crippen molar-refractivity contribution in [2.24, 2.45) is 0 Å². The van der Waals surface area contributed by atoms with Gasteiger partial charge in [0.1, 0.15) is 10.9 Å². The second-order valence-corrected chi connectivity index (χ2v) is 4.94. The van der Waals surface area contributed by atoms with Gasteiger partial charge < -0.3 is 4.74 Å². The maximum absolute atomic E-state index is 10.9. The van der Waals surface area contributed by atoms with Gasteiger partial charge in [-0.25, -0.2) is 4.98 Å². The van der Waals surface area contributed by atoms with Crippen molar-refractivity contribution in [1.82, 2.24) is 4.98 Å². The largest absolute Gasteiger partial charge is 0.497 e. The van der Waals surface area contributed by atoms with Crippen LogP contribution in [0, 0.1) is 10.1 Å². The molecule has 0 amide bonds. The Labute approximate surface area is 118 Å². The van der Waals surface area contributed by atoms with Crippen LogP contribution in [0.3, 0.4) is 0 Å². The second-order valence-electron chi connectivity index (χ2n) is 3.49. The van der Waals surface area contributed by atoms with Crippen molar-refractivity contribution in [3.05, 3.63) is 51.7 Å². The zero-order chi connectivity index (χ0) is 13.8. The van der Waals surface area contributed by atoms with Gasteiger partial charge in [-0.2, -0.15) is 0 Å². The van der Waals surface area contributed by atoms with Gasteiger partial charge in [-0.3, -0.25) is 10.1 Å². The highest BCUT2D eigenvalue weighted by Gasteiger charge is 2.16. The number of nitro groups is 1. The number of pyridine rings is 1. The Morgan fingerprint density at radius 1 is 1.26 bits per heavy atom. The molecule has 0 unspecified atom stereocenters. The van der Waals surface area contributed by atoms with Crippen LogP contribution in [0.5, 0.6) is 5.75 Å². The molecule has 0 N–H and O–H groups in total. The standard InChI is InChI=1S/C12H9ClN2O3S/c1-18-8-2-4-9(5-3-8)19-12-10(15(16)17)6-7-11(13)14-12/h2-7H,1H3. The molecule has 7 heteroatoms. The molecule has 2 rings (SSSR count). The lowest BCUT2D eigenvalue weighted by Crippen LogP contribution is -1.93. The third kappa shape index (κ3) is 3.36. The second kappa shape index (κ2) is 5.90. The molecule has 19 heavy (non-hydrogen) atoms. The number of aromatic nitrogens is 1. The molecule has 0 saturated carbocycles. The predicted molar refractivity (Wildman–Crippen MR) is 73.0 cm³/mol. The molecule has 0 radical (unpaired) electrons. The van der Waals surface area contributed by atoms with Crippen molar-refractivity contribution in [2.45, 2.75) is 9.92 Å². The van der Waals surface area contributed by atoms with Gasteiger partial charge in [0.15, 0.2) is 5.03 Å². The number of methoxy groups -OCH3 is 1. The molecule has 0 fully saturated rings. The number of nitrogens with zero attached hydrogens (tertiary/aromatic N) is 2. The predicted octanol–water partition coefficient (Wildman–Crippen LogP) is 3.80. The minimum Gasteiger partial charge on any atom is -0.497 e. The lowest BCUT2D eigenvalue weighted by Gasteiger charge is -2.04. The summed E-state index contributed by atoms with van der Waals surface area (Å²) in [4.78, 5) is 15.2. The van der Waals surface area contributed by atoms with E-state index >= 15 is 0 Å². The van der Waals surface area contributed by atoms with Gasteiger partial charge in [-0.1, -0.05) is 23.4 Å². The van der Waals surface area contributed by atoms with Gasteiger partial charge in [0.05, 0.1) is 12.0 Å². The Balaban J connectivity index is 2.31. The maximum atomic E-state index is 10.9. The highest BCUT2D eigenvalue weighted by molar-refractivity contribution is 7.99. The first-order valence-corrected chi connectivity index (χ1v) is 6.42. The Hall–Kier alpha value is -1.79. The van der Waals surface area contributed by atoms with Crippen molar-refractivity contribution in [3.63, 3.8) is 0 Å². The number of rotatable bonds is 4. The van der Waals surface area contributed by atoms with Crippen molar-refractivity contribution in [3.8, 4) is 5.75 Å². The first-order valence-electron chi connectivity index (χ1n) is 5.23. The van der Waals surface area contributed by atoms with Crippen LogP contribution >= 0.6 is 23.4 Å².